The molecule has 0 aromatic rings. The molecule has 0 radical (unpaired) electrons. The van der Waals surface area contributed by atoms with E-state index in [2.05, 4.69) is 21.3 Å². The second kappa shape index (κ2) is 18.0. The average molecular weight is 549 g/mol. The fourth-order valence-corrected chi connectivity index (χ4v) is 3.06. The van der Waals surface area contributed by atoms with Gasteiger partial charge in [-0.25, -0.2) is 4.79 Å². The molecule has 0 aliphatic heterocycles. The first-order chi connectivity index (χ1) is 17.8. The summed E-state index contributed by atoms with van der Waals surface area (Å²) in [4.78, 5) is 72.5. The van der Waals surface area contributed by atoms with Crippen molar-refractivity contribution in [2.24, 2.45) is 17.4 Å². The number of nitrogens with one attached hydrogen (secondary N) is 4. The van der Waals surface area contributed by atoms with Crippen molar-refractivity contribution >= 4 is 35.6 Å². The van der Waals surface area contributed by atoms with Gasteiger partial charge >= 0.3 is 11.9 Å². The second-order valence-electron chi connectivity index (χ2n) is 8.93. The molecule has 0 aromatic heterocycles. The number of carboxylic acid groups (broad SMARTS) is 2. The minimum absolute atomic E-state index is 0.0591. The van der Waals surface area contributed by atoms with E-state index in [4.69, 9.17) is 16.6 Å². The van der Waals surface area contributed by atoms with Crippen molar-refractivity contribution < 1.29 is 49.2 Å². The lowest BCUT2D eigenvalue weighted by Gasteiger charge is -2.25. The van der Waals surface area contributed by atoms with E-state index in [1.165, 1.54) is 0 Å². The summed E-state index contributed by atoms with van der Waals surface area (Å²) < 4.78 is 0. The highest BCUT2D eigenvalue weighted by atomic mass is 16.4. The Morgan fingerprint density at radius 1 is 0.684 bits per heavy atom. The van der Waals surface area contributed by atoms with Crippen molar-refractivity contribution in [1.82, 2.24) is 21.3 Å². The normalized spacial score (nSPS) is 14.9. The van der Waals surface area contributed by atoms with E-state index in [0.717, 1.165) is 0 Å². The molecule has 0 aliphatic carbocycles. The highest BCUT2D eigenvalue weighted by molar-refractivity contribution is 5.95. The van der Waals surface area contributed by atoms with E-state index >= 15 is 0 Å². The number of nitrogens with two attached hydrogens (primary N) is 2. The lowest BCUT2D eigenvalue weighted by atomic mass is 10.0. The van der Waals surface area contributed by atoms with Crippen LogP contribution in [0.25, 0.3) is 0 Å². The van der Waals surface area contributed by atoms with Crippen molar-refractivity contribution in [2.75, 3.05) is 19.8 Å². The molecule has 0 spiro atoms. The van der Waals surface area contributed by atoms with Crippen LogP contribution in [0.5, 0.6) is 0 Å². The van der Waals surface area contributed by atoms with Gasteiger partial charge in [0.25, 0.3) is 0 Å². The Bertz CT molecular complexity index is 824. The van der Waals surface area contributed by atoms with Crippen LogP contribution in [-0.2, 0) is 28.8 Å². The first-order valence-corrected chi connectivity index (χ1v) is 12.1. The van der Waals surface area contributed by atoms with Crippen LogP contribution in [0.3, 0.4) is 0 Å². The fourth-order valence-electron chi connectivity index (χ4n) is 3.06. The maximum atomic E-state index is 12.7. The molecule has 16 nitrogen and oxygen atoms in total. The monoisotopic (exact) mass is 548 g/mol. The van der Waals surface area contributed by atoms with Gasteiger partial charge in [0.1, 0.15) is 24.2 Å². The van der Waals surface area contributed by atoms with Crippen molar-refractivity contribution in [3.63, 3.8) is 0 Å². The van der Waals surface area contributed by atoms with Gasteiger partial charge < -0.3 is 53.2 Å². The molecule has 0 rings (SSSR count). The molecule has 4 amide bonds. The number of hydrogen-bond donors (Lipinski definition) is 10. The van der Waals surface area contributed by atoms with Crippen molar-refractivity contribution in [1.29, 1.82) is 0 Å². The molecular formula is C22H40N6O10. The van der Waals surface area contributed by atoms with Gasteiger partial charge in [-0.1, -0.05) is 13.8 Å². The van der Waals surface area contributed by atoms with Crippen LogP contribution in [0.15, 0.2) is 0 Å². The zero-order chi connectivity index (χ0) is 29.4. The van der Waals surface area contributed by atoms with Gasteiger partial charge in [0, 0.05) is 6.42 Å². The molecular weight excluding hydrogens is 508 g/mol. The quantitative estimate of drug-likeness (QED) is 0.0691. The van der Waals surface area contributed by atoms with Gasteiger partial charge in [-0.05, 0) is 38.1 Å². The summed E-state index contributed by atoms with van der Waals surface area (Å²) in [6, 6.07) is -6.99. The first-order valence-electron chi connectivity index (χ1n) is 12.1. The van der Waals surface area contributed by atoms with E-state index in [-0.39, 0.29) is 18.8 Å². The van der Waals surface area contributed by atoms with Crippen LogP contribution in [0.1, 0.15) is 46.0 Å². The Balaban J connectivity index is 5.38. The molecule has 16 heteroatoms. The number of rotatable bonds is 19. The number of aliphatic carboxylic acids is 2. The second-order valence-corrected chi connectivity index (χ2v) is 8.93. The van der Waals surface area contributed by atoms with Crippen LogP contribution in [-0.4, -0.2) is 106 Å². The number of unbranched alkanes of at least 4 members (excludes halogenated alkanes) is 1. The summed E-state index contributed by atoms with van der Waals surface area (Å²) in [5.41, 5.74) is 11.1. The Labute approximate surface area is 219 Å². The smallest absolute Gasteiger partial charge is 0.326 e. The Kier molecular flexibility index (Phi) is 16.4. The summed E-state index contributed by atoms with van der Waals surface area (Å²) in [6.07, 6.45) is 0.136. The molecule has 0 fully saturated rings. The highest BCUT2D eigenvalue weighted by Gasteiger charge is 2.31. The molecule has 12 N–H and O–H groups in total. The zero-order valence-corrected chi connectivity index (χ0v) is 21.5. The Morgan fingerprint density at radius 3 is 1.53 bits per heavy atom. The van der Waals surface area contributed by atoms with Gasteiger partial charge in [-0.15, -0.1) is 0 Å². The van der Waals surface area contributed by atoms with Gasteiger partial charge in [0.15, 0.2) is 0 Å². The number of carboxylic acids is 2. The third-order valence-electron chi connectivity index (χ3n) is 5.49. The minimum Gasteiger partial charge on any atom is -0.481 e. The van der Waals surface area contributed by atoms with Crippen LogP contribution >= 0.6 is 0 Å². The number of aliphatic hydroxyl groups excluding tert-OH is 2. The van der Waals surface area contributed by atoms with Crippen LogP contribution in [0, 0.1) is 5.92 Å². The fraction of sp³-hybridized carbons (Fsp3) is 0.727. The number of hydrogen-bond acceptors (Lipinski definition) is 10. The molecule has 0 saturated carbocycles. The SMILES string of the molecule is CC(C)[C@H](N)C(=O)N[C@H](CCC(=O)O)C(=O)N[C@H](CO)C(=O)N[C@@H](CO)C(=O)N[C@@H](CCCCN)C(=O)O. The molecule has 38 heavy (non-hydrogen) atoms. The molecule has 0 unspecified atom stereocenters. The number of aliphatic hydroxyl groups is 2. The molecule has 218 valence electrons. The molecule has 0 aromatic carbocycles. The number of carbonyl (C=O) groups is 6. The van der Waals surface area contributed by atoms with Crippen molar-refractivity contribution in [2.45, 2.75) is 76.2 Å². The summed E-state index contributed by atoms with van der Waals surface area (Å²) >= 11 is 0. The topological polar surface area (TPSA) is 284 Å². The van der Waals surface area contributed by atoms with E-state index in [0.29, 0.717) is 19.4 Å². The molecule has 5 atom stereocenters. The third kappa shape index (κ3) is 12.8. The lowest BCUT2D eigenvalue weighted by molar-refractivity contribution is -0.143. The van der Waals surface area contributed by atoms with E-state index in [1.54, 1.807) is 13.8 Å². The summed E-state index contributed by atoms with van der Waals surface area (Å²) in [7, 11) is 0. The van der Waals surface area contributed by atoms with Crippen molar-refractivity contribution in [3.8, 4) is 0 Å². The van der Waals surface area contributed by atoms with E-state index < -0.39 is 85.4 Å². The van der Waals surface area contributed by atoms with Crippen LogP contribution < -0.4 is 32.7 Å². The standard InChI is InChI=1S/C22H40N6O10/c1-11(2)17(24)21(36)25-12(6-7-16(31)32)18(33)27-15(10-30)20(35)28-14(9-29)19(34)26-13(22(37)38)5-3-4-8-23/h11-15,17,29-30H,3-10,23-24H2,1-2H3,(H,25,36)(H,26,34)(H,27,33)(H,28,35)(H,31,32)(H,37,38)/t12-,13+,14+,15-,17+/m1/s1. The van der Waals surface area contributed by atoms with Gasteiger partial charge in [0.2, 0.25) is 23.6 Å². The minimum atomic E-state index is -1.66. The largest absolute Gasteiger partial charge is 0.481 e. The van der Waals surface area contributed by atoms with Crippen LogP contribution in [0.4, 0.5) is 0 Å². The zero-order valence-electron chi connectivity index (χ0n) is 21.5. The van der Waals surface area contributed by atoms with Crippen LogP contribution in [0.2, 0.25) is 0 Å². The molecule has 0 saturated heterocycles. The number of carbonyl (C=O) groups excluding carboxylic acids is 4. The maximum absolute atomic E-state index is 12.7. The Hall–Kier alpha value is -3.34. The lowest BCUT2D eigenvalue weighted by Crippen LogP contribution is -2.60. The van der Waals surface area contributed by atoms with Gasteiger partial charge in [-0.2, -0.15) is 0 Å². The van der Waals surface area contributed by atoms with E-state index in [1.807, 2.05) is 0 Å². The maximum Gasteiger partial charge on any atom is 0.326 e. The molecule has 0 aliphatic rings. The van der Waals surface area contributed by atoms with Gasteiger partial charge in [0.05, 0.1) is 19.3 Å². The average Bonchev–Trinajstić information content (AvgIpc) is 2.86. The predicted molar refractivity (Wildman–Crippen MR) is 132 cm³/mol. The molecule has 0 heterocycles. The van der Waals surface area contributed by atoms with E-state index in [9.17, 15) is 44.1 Å². The molecule has 0 bridgehead atoms. The first kappa shape index (κ1) is 34.7. The van der Waals surface area contributed by atoms with Crippen molar-refractivity contribution in [3.05, 3.63) is 0 Å². The highest BCUT2D eigenvalue weighted by Crippen LogP contribution is 2.04. The Morgan fingerprint density at radius 2 is 1.13 bits per heavy atom. The predicted octanol–water partition coefficient (Wildman–Crippen LogP) is -4.03. The third-order valence-corrected chi connectivity index (χ3v) is 5.49. The summed E-state index contributed by atoms with van der Waals surface area (Å²) in [5, 5.41) is 46.2. The number of amides is 4. The summed E-state index contributed by atoms with van der Waals surface area (Å²) in [6.45, 7) is 1.77. The van der Waals surface area contributed by atoms with Gasteiger partial charge in [-0.3, -0.25) is 24.0 Å². The summed E-state index contributed by atoms with van der Waals surface area (Å²) in [5.74, 6) is -6.72.